The van der Waals surface area contributed by atoms with Crippen LogP contribution in [0.2, 0.25) is 5.02 Å². The predicted octanol–water partition coefficient (Wildman–Crippen LogP) is 3.82. The van der Waals surface area contributed by atoms with Crippen LogP contribution >= 0.6 is 22.9 Å². The Kier molecular flexibility index (Phi) is 7.14. The monoisotopic (exact) mass is 602 g/mol. The largest absolute Gasteiger partial charge is 0.479 e. The second-order valence-electron chi connectivity index (χ2n) is 10.2. The van der Waals surface area contributed by atoms with Crippen molar-refractivity contribution in [2.45, 2.75) is 62.8 Å². The minimum atomic E-state index is -1.31. The van der Waals surface area contributed by atoms with Crippen molar-refractivity contribution in [3.8, 4) is 16.3 Å². The molecule has 0 radical (unpaired) electrons. The molecule has 11 nitrogen and oxygen atoms in total. The molecule has 3 aromatic rings. The van der Waals surface area contributed by atoms with Gasteiger partial charge in [-0.15, -0.1) is 10.2 Å². The first-order valence-corrected chi connectivity index (χ1v) is 14.1. The van der Waals surface area contributed by atoms with E-state index in [4.69, 9.17) is 21.1 Å². The number of hydrogen-bond donors (Lipinski definition) is 2. The van der Waals surface area contributed by atoms with Crippen molar-refractivity contribution >= 4 is 40.8 Å². The molecular formula is C27H24ClFN4O7S. The van der Waals surface area contributed by atoms with Gasteiger partial charge in [0.2, 0.25) is 6.29 Å². The van der Waals surface area contributed by atoms with E-state index in [9.17, 15) is 29.0 Å². The smallest absolute Gasteiger partial charge is 0.333 e. The molecule has 41 heavy (non-hydrogen) atoms. The van der Waals surface area contributed by atoms with E-state index in [0.717, 1.165) is 23.0 Å². The Hall–Kier alpha value is -3.65. The Bertz CT molecular complexity index is 1520. The van der Waals surface area contributed by atoms with Crippen molar-refractivity contribution in [2.24, 2.45) is 0 Å². The molecule has 214 valence electrons. The third-order valence-electron chi connectivity index (χ3n) is 7.36. The number of imide groups is 1. The lowest BCUT2D eigenvalue weighted by atomic mass is 10.1. The lowest BCUT2D eigenvalue weighted by Gasteiger charge is -2.31. The van der Waals surface area contributed by atoms with Crippen LogP contribution in [0.25, 0.3) is 10.6 Å². The number of benzene rings is 2. The van der Waals surface area contributed by atoms with Gasteiger partial charge in [-0.05, 0) is 30.5 Å². The summed E-state index contributed by atoms with van der Waals surface area (Å²) in [6.07, 6.45) is -2.60. The molecule has 1 aliphatic carbocycles. The van der Waals surface area contributed by atoms with Crippen molar-refractivity contribution in [3.05, 3.63) is 63.9 Å². The number of aliphatic hydroxyl groups excluding tert-OH is 1. The number of amides is 3. The Labute approximate surface area is 242 Å². The molecule has 2 aromatic carbocycles. The second-order valence-corrected chi connectivity index (χ2v) is 11.6. The lowest BCUT2D eigenvalue weighted by molar-refractivity contribution is -0.195. The predicted molar refractivity (Wildman–Crippen MR) is 142 cm³/mol. The zero-order valence-corrected chi connectivity index (χ0v) is 23.0. The highest BCUT2D eigenvalue weighted by atomic mass is 35.5. The molecule has 3 amide bonds. The Balaban J connectivity index is 1.20. The zero-order valence-electron chi connectivity index (χ0n) is 21.4. The highest BCUT2D eigenvalue weighted by Gasteiger charge is 2.64. The first-order chi connectivity index (χ1) is 19.7. The van der Waals surface area contributed by atoms with E-state index in [2.05, 4.69) is 10.2 Å². The molecule has 1 spiro atoms. The number of carboxylic acids is 1. The third-order valence-corrected chi connectivity index (χ3v) is 8.68. The van der Waals surface area contributed by atoms with Crippen LogP contribution in [0.3, 0.4) is 0 Å². The Morgan fingerprint density at radius 1 is 1.15 bits per heavy atom. The van der Waals surface area contributed by atoms with E-state index in [1.807, 2.05) is 30.3 Å². The van der Waals surface area contributed by atoms with Crippen LogP contribution in [0.5, 0.6) is 5.75 Å². The fourth-order valence-electron chi connectivity index (χ4n) is 5.10. The highest BCUT2D eigenvalue weighted by Crippen LogP contribution is 2.49. The molecule has 6 rings (SSSR count). The summed E-state index contributed by atoms with van der Waals surface area (Å²) in [7, 11) is 0. The number of halogens is 2. The second kappa shape index (κ2) is 10.6. The minimum absolute atomic E-state index is 0.0695. The molecule has 2 unspecified atom stereocenters. The molecule has 3 atom stereocenters. The van der Waals surface area contributed by atoms with E-state index in [-0.39, 0.29) is 42.6 Å². The van der Waals surface area contributed by atoms with Crippen LogP contribution in [0, 0.1) is 5.82 Å². The highest BCUT2D eigenvalue weighted by molar-refractivity contribution is 7.14. The molecule has 3 fully saturated rings. The molecule has 3 aliphatic rings. The number of ether oxygens (including phenoxy) is 2. The number of nitrogens with zero attached hydrogens (tertiary/aromatic N) is 4. The maximum absolute atomic E-state index is 14.7. The standard InChI is InChI=1S/C27H24ClFN4O7S/c28-21-16(6-7-17(29)22(21)40-20-11-15(34)10-18(39-20)24(35)36)23-31-30-19(41-23)13-33-26(38)32(25(37)27(33)8-9-27)12-14-4-2-1-3-5-14/h1-7,15,18,20,34H,8-13H2,(H,35,36)/t15?,18-,20?/m0/s1. The molecular weight excluding hydrogens is 579 g/mol. The van der Waals surface area contributed by atoms with Crippen molar-refractivity contribution in [1.82, 2.24) is 20.0 Å². The number of carbonyl (C=O) groups is 3. The number of rotatable bonds is 8. The lowest BCUT2D eigenvalue weighted by Crippen LogP contribution is -2.42. The normalized spacial score (nSPS) is 23.3. The van der Waals surface area contributed by atoms with Crippen LogP contribution in [0.4, 0.5) is 9.18 Å². The first-order valence-electron chi connectivity index (χ1n) is 12.9. The van der Waals surface area contributed by atoms with Gasteiger partial charge in [0.15, 0.2) is 17.7 Å². The van der Waals surface area contributed by atoms with Crippen LogP contribution in [0.15, 0.2) is 42.5 Å². The van der Waals surface area contributed by atoms with Gasteiger partial charge in [-0.3, -0.25) is 9.69 Å². The molecule has 1 saturated carbocycles. The van der Waals surface area contributed by atoms with Crippen molar-refractivity contribution < 1.29 is 38.5 Å². The molecule has 1 aromatic heterocycles. The van der Waals surface area contributed by atoms with Crippen molar-refractivity contribution in [3.63, 3.8) is 0 Å². The summed E-state index contributed by atoms with van der Waals surface area (Å²) in [6.45, 7) is 0.251. The number of hydrogen-bond acceptors (Lipinski definition) is 9. The van der Waals surface area contributed by atoms with Gasteiger partial charge < -0.3 is 24.6 Å². The van der Waals surface area contributed by atoms with E-state index < -0.39 is 41.9 Å². The average molecular weight is 603 g/mol. The van der Waals surface area contributed by atoms with E-state index in [0.29, 0.717) is 28.4 Å². The molecule has 14 heteroatoms. The number of carbonyl (C=O) groups excluding carboxylic acids is 2. The zero-order chi connectivity index (χ0) is 28.9. The number of carboxylic acid groups (broad SMARTS) is 1. The van der Waals surface area contributed by atoms with Gasteiger partial charge in [0, 0.05) is 18.4 Å². The first kappa shape index (κ1) is 27.5. The van der Waals surface area contributed by atoms with Gasteiger partial charge in [-0.1, -0.05) is 53.3 Å². The van der Waals surface area contributed by atoms with Gasteiger partial charge in [-0.2, -0.15) is 0 Å². The van der Waals surface area contributed by atoms with Crippen LogP contribution in [0.1, 0.15) is 36.3 Å². The van der Waals surface area contributed by atoms with Crippen LogP contribution < -0.4 is 4.74 Å². The van der Waals surface area contributed by atoms with E-state index in [1.165, 1.54) is 15.9 Å². The fraction of sp³-hybridized carbons (Fsp3) is 0.370. The SMILES string of the molecule is O=C(O)[C@@H]1CC(O)CC(Oc2c(F)ccc(-c3nnc(CN4C(=O)N(Cc5ccccc5)C(=O)C45CC5)s3)c2Cl)O1. The maximum atomic E-state index is 14.7. The minimum Gasteiger partial charge on any atom is -0.479 e. The molecule has 3 heterocycles. The summed E-state index contributed by atoms with van der Waals surface area (Å²) >= 11 is 7.63. The Morgan fingerprint density at radius 2 is 1.90 bits per heavy atom. The van der Waals surface area contributed by atoms with Crippen molar-refractivity contribution in [1.29, 1.82) is 0 Å². The summed E-state index contributed by atoms with van der Waals surface area (Å²) in [5, 5.41) is 28.3. The summed E-state index contributed by atoms with van der Waals surface area (Å²) in [5.74, 6) is -2.68. The fourth-order valence-corrected chi connectivity index (χ4v) is 6.31. The van der Waals surface area contributed by atoms with E-state index in [1.54, 1.807) is 0 Å². The van der Waals surface area contributed by atoms with Crippen LogP contribution in [-0.2, 0) is 27.4 Å². The van der Waals surface area contributed by atoms with Crippen LogP contribution in [-0.4, -0.2) is 72.2 Å². The van der Waals surface area contributed by atoms with Gasteiger partial charge in [0.25, 0.3) is 5.91 Å². The Morgan fingerprint density at radius 3 is 2.61 bits per heavy atom. The topological polar surface area (TPSA) is 142 Å². The van der Waals surface area contributed by atoms with Crippen molar-refractivity contribution in [2.75, 3.05) is 0 Å². The van der Waals surface area contributed by atoms with Gasteiger partial charge in [0.1, 0.15) is 15.6 Å². The van der Waals surface area contributed by atoms with Gasteiger partial charge >= 0.3 is 12.0 Å². The number of urea groups is 1. The maximum Gasteiger partial charge on any atom is 0.333 e. The molecule has 2 saturated heterocycles. The van der Waals surface area contributed by atoms with Gasteiger partial charge in [0.05, 0.1) is 24.2 Å². The summed E-state index contributed by atoms with van der Waals surface area (Å²) < 4.78 is 25.7. The summed E-state index contributed by atoms with van der Waals surface area (Å²) in [4.78, 5) is 40.6. The summed E-state index contributed by atoms with van der Waals surface area (Å²) in [5.41, 5.74) is 0.277. The summed E-state index contributed by atoms with van der Waals surface area (Å²) in [6, 6.07) is 11.4. The molecule has 2 aliphatic heterocycles. The number of aromatic nitrogens is 2. The third kappa shape index (κ3) is 5.14. The average Bonchev–Trinajstić information content (AvgIpc) is 3.58. The molecule has 0 bridgehead atoms. The quantitative estimate of drug-likeness (QED) is 0.368. The van der Waals surface area contributed by atoms with Gasteiger partial charge in [-0.25, -0.2) is 14.0 Å². The molecule has 2 N–H and O–H groups in total. The number of aliphatic carboxylic acids is 1. The van der Waals surface area contributed by atoms with E-state index >= 15 is 0 Å². The number of aliphatic hydroxyl groups is 1.